The molecule has 21 heavy (non-hydrogen) atoms. The fourth-order valence-electron chi connectivity index (χ4n) is 2.00. The maximum atomic E-state index is 12.2. The van der Waals surface area contributed by atoms with Crippen LogP contribution in [0.15, 0.2) is 34.8 Å². The molecule has 0 unspecified atom stereocenters. The molecular weight excluding hydrogens is 354 g/mol. The van der Waals surface area contributed by atoms with Crippen molar-refractivity contribution in [1.29, 1.82) is 0 Å². The molecule has 0 saturated carbocycles. The van der Waals surface area contributed by atoms with Crippen LogP contribution >= 0.6 is 27.7 Å². The SMILES string of the molecule is COC(=O)[C@H]1CN(C(=O)/C=C/c2ccccc2Br)CCS1. The number of esters is 1. The van der Waals surface area contributed by atoms with Crippen molar-refractivity contribution in [2.24, 2.45) is 0 Å². The molecule has 1 heterocycles. The van der Waals surface area contributed by atoms with E-state index in [0.29, 0.717) is 13.1 Å². The van der Waals surface area contributed by atoms with Gasteiger partial charge in [0, 0.05) is 29.4 Å². The zero-order valence-corrected chi connectivity index (χ0v) is 14.0. The number of hydrogen-bond donors (Lipinski definition) is 0. The van der Waals surface area contributed by atoms with Gasteiger partial charge in [-0.1, -0.05) is 34.1 Å². The summed E-state index contributed by atoms with van der Waals surface area (Å²) < 4.78 is 5.68. The number of carbonyl (C=O) groups is 2. The van der Waals surface area contributed by atoms with E-state index in [1.165, 1.54) is 18.9 Å². The highest BCUT2D eigenvalue weighted by Crippen LogP contribution is 2.21. The number of thioether (sulfide) groups is 1. The van der Waals surface area contributed by atoms with E-state index in [0.717, 1.165) is 15.8 Å². The molecule has 1 aromatic rings. The summed E-state index contributed by atoms with van der Waals surface area (Å²) >= 11 is 4.97. The van der Waals surface area contributed by atoms with Gasteiger partial charge in [0.2, 0.25) is 5.91 Å². The molecule has 1 aromatic carbocycles. The largest absolute Gasteiger partial charge is 0.468 e. The summed E-state index contributed by atoms with van der Waals surface area (Å²) in [6, 6.07) is 7.69. The van der Waals surface area contributed by atoms with E-state index in [-0.39, 0.29) is 17.1 Å². The van der Waals surface area contributed by atoms with Gasteiger partial charge in [-0.15, -0.1) is 11.8 Å². The van der Waals surface area contributed by atoms with Crippen molar-refractivity contribution in [3.05, 3.63) is 40.4 Å². The molecule has 1 fully saturated rings. The summed E-state index contributed by atoms with van der Waals surface area (Å²) in [5.41, 5.74) is 0.946. The summed E-state index contributed by atoms with van der Waals surface area (Å²) in [5, 5.41) is -0.287. The second-order valence-electron chi connectivity index (χ2n) is 4.52. The van der Waals surface area contributed by atoms with E-state index in [1.54, 1.807) is 17.1 Å². The summed E-state index contributed by atoms with van der Waals surface area (Å²) in [7, 11) is 1.37. The summed E-state index contributed by atoms with van der Waals surface area (Å²) in [4.78, 5) is 25.4. The Labute approximate surface area is 136 Å². The maximum absolute atomic E-state index is 12.2. The second kappa shape index (κ2) is 7.66. The lowest BCUT2D eigenvalue weighted by Crippen LogP contribution is -2.44. The number of methoxy groups -OCH3 is 1. The average molecular weight is 370 g/mol. The van der Waals surface area contributed by atoms with Crippen LogP contribution in [0.25, 0.3) is 6.08 Å². The molecule has 1 saturated heterocycles. The van der Waals surface area contributed by atoms with Crippen LogP contribution in [0.5, 0.6) is 0 Å². The molecule has 6 heteroatoms. The third-order valence-electron chi connectivity index (χ3n) is 3.15. The zero-order chi connectivity index (χ0) is 15.2. The number of rotatable bonds is 3. The molecule has 112 valence electrons. The number of nitrogens with zero attached hydrogens (tertiary/aromatic N) is 1. The van der Waals surface area contributed by atoms with Crippen LogP contribution in [0, 0.1) is 0 Å². The normalized spacial score (nSPS) is 18.8. The predicted molar refractivity (Wildman–Crippen MR) is 88.0 cm³/mol. The Hall–Kier alpha value is -1.27. The fourth-order valence-corrected chi connectivity index (χ4v) is 3.55. The molecule has 0 aliphatic carbocycles. The van der Waals surface area contributed by atoms with Crippen LogP contribution in [-0.4, -0.2) is 48.0 Å². The van der Waals surface area contributed by atoms with Crippen molar-refractivity contribution in [2.75, 3.05) is 26.0 Å². The van der Waals surface area contributed by atoms with Crippen molar-refractivity contribution in [3.63, 3.8) is 0 Å². The average Bonchev–Trinajstić information content (AvgIpc) is 2.53. The Morgan fingerprint density at radius 2 is 2.19 bits per heavy atom. The minimum atomic E-state index is -0.287. The minimum Gasteiger partial charge on any atom is -0.468 e. The van der Waals surface area contributed by atoms with E-state index in [1.807, 2.05) is 24.3 Å². The van der Waals surface area contributed by atoms with Crippen molar-refractivity contribution >= 4 is 45.6 Å². The number of amides is 1. The van der Waals surface area contributed by atoms with Crippen LogP contribution in [-0.2, 0) is 14.3 Å². The highest BCUT2D eigenvalue weighted by molar-refractivity contribution is 9.10. The molecule has 0 aromatic heterocycles. The standard InChI is InChI=1S/C15H16BrNO3S/c1-20-15(19)13-10-17(8-9-21-13)14(18)7-6-11-4-2-3-5-12(11)16/h2-7,13H,8-10H2,1H3/b7-6+/t13-/m1/s1. The van der Waals surface area contributed by atoms with Gasteiger partial charge >= 0.3 is 5.97 Å². The molecular formula is C15H16BrNO3S. The smallest absolute Gasteiger partial charge is 0.320 e. The molecule has 1 aliphatic rings. The summed E-state index contributed by atoms with van der Waals surface area (Å²) in [6.45, 7) is 1.05. The zero-order valence-electron chi connectivity index (χ0n) is 11.6. The van der Waals surface area contributed by atoms with E-state index in [2.05, 4.69) is 15.9 Å². The molecule has 1 amide bonds. The number of halogens is 1. The van der Waals surface area contributed by atoms with Crippen LogP contribution in [0.1, 0.15) is 5.56 Å². The van der Waals surface area contributed by atoms with Gasteiger partial charge in [0.15, 0.2) is 0 Å². The Kier molecular flexibility index (Phi) is 5.87. The van der Waals surface area contributed by atoms with Crippen LogP contribution in [0.4, 0.5) is 0 Å². The Morgan fingerprint density at radius 3 is 2.90 bits per heavy atom. The second-order valence-corrected chi connectivity index (χ2v) is 6.69. The molecule has 1 aliphatic heterocycles. The monoisotopic (exact) mass is 369 g/mol. The van der Waals surface area contributed by atoms with Gasteiger partial charge < -0.3 is 9.64 Å². The van der Waals surface area contributed by atoms with E-state index in [4.69, 9.17) is 4.74 Å². The summed E-state index contributed by atoms with van der Waals surface area (Å²) in [5.74, 6) is 0.390. The van der Waals surface area contributed by atoms with Crippen LogP contribution < -0.4 is 0 Å². The minimum absolute atomic E-state index is 0.0834. The van der Waals surface area contributed by atoms with Crippen molar-refractivity contribution in [2.45, 2.75) is 5.25 Å². The topological polar surface area (TPSA) is 46.6 Å². The van der Waals surface area contributed by atoms with Gasteiger partial charge in [-0.25, -0.2) is 0 Å². The van der Waals surface area contributed by atoms with Gasteiger partial charge in [0.05, 0.1) is 7.11 Å². The van der Waals surface area contributed by atoms with Crippen LogP contribution in [0.2, 0.25) is 0 Å². The maximum Gasteiger partial charge on any atom is 0.320 e. The number of ether oxygens (including phenoxy) is 1. The molecule has 2 rings (SSSR count). The molecule has 0 bridgehead atoms. The molecule has 4 nitrogen and oxygen atoms in total. The van der Waals surface area contributed by atoms with E-state index >= 15 is 0 Å². The first-order valence-electron chi connectivity index (χ1n) is 6.52. The number of hydrogen-bond acceptors (Lipinski definition) is 4. The molecule has 1 atom stereocenters. The predicted octanol–water partition coefficient (Wildman–Crippen LogP) is 2.58. The first-order valence-corrected chi connectivity index (χ1v) is 8.37. The third kappa shape index (κ3) is 4.35. The highest BCUT2D eigenvalue weighted by Gasteiger charge is 2.28. The number of benzene rings is 1. The lowest BCUT2D eigenvalue weighted by Gasteiger charge is -2.30. The Bertz CT molecular complexity index is 562. The molecule has 0 radical (unpaired) electrons. The van der Waals surface area contributed by atoms with Gasteiger partial charge in [0.1, 0.15) is 5.25 Å². The lowest BCUT2D eigenvalue weighted by molar-refractivity contribution is -0.140. The van der Waals surface area contributed by atoms with Gasteiger partial charge in [0.25, 0.3) is 0 Å². The Balaban J connectivity index is 2.00. The lowest BCUT2D eigenvalue weighted by atomic mass is 10.2. The van der Waals surface area contributed by atoms with Crippen molar-refractivity contribution in [1.82, 2.24) is 4.90 Å². The third-order valence-corrected chi connectivity index (χ3v) is 5.04. The first-order chi connectivity index (χ1) is 10.1. The molecule has 0 N–H and O–H groups in total. The van der Waals surface area contributed by atoms with Gasteiger partial charge in [-0.05, 0) is 17.7 Å². The van der Waals surface area contributed by atoms with Crippen molar-refractivity contribution in [3.8, 4) is 0 Å². The van der Waals surface area contributed by atoms with Crippen LogP contribution in [0.3, 0.4) is 0 Å². The van der Waals surface area contributed by atoms with Crippen molar-refractivity contribution < 1.29 is 14.3 Å². The van der Waals surface area contributed by atoms with Gasteiger partial charge in [-0.3, -0.25) is 9.59 Å². The molecule has 0 spiro atoms. The Morgan fingerprint density at radius 1 is 1.43 bits per heavy atom. The quantitative estimate of drug-likeness (QED) is 0.606. The highest BCUT2D eigenvalue weighted by atomic mass is 79.9. The summed E-state index contributed by atoms with van der Waals surface area (Å²) in [6.07, 6.45) is 3.33. The van der Waals surface area contributed by atoms with Gasteiger partial charge in [-0.2, -0.15) is 0 Å². The van der Waals surface area contributed by atoms with E-state index < -0.39 is 0 Å². The number of carbonyl (C=O) groups excluding carboxylic acids is 2. The first kappa shape index (κ1) is 16.1. The fraction of sp³-hybridized carbons (Fsp3) is 0.333. The van der Waals surface area contributed by atoms with E-state index in [9.17, 15) is 9.59 Å².